The Morgan fingerprint density at radius 1 is 1.14 bits per heavy atom. The largest absolute Gasteiger partial charge is 0.327 e. The van der Waals surface area contributed by atoms with Crippen LogP contribution in [-0.2, 0) is 4.79 Å². The fourth-order valence-corrected chi connectivity index (χ4v) is 3.10. The first kappa shape index (κ1) is 14.0. The van der Waals surface area contributed by atoms with Crippen molar-refractivity contribution < 1.29 is 4.79 Å². The number of nitrogens with zero attached hydrogens (tertiary/aromatic N) is 1. The van der Waals surface area contributed by atoms with Crippen molar-refractivity contribution >= 4 is 22.5 Å². The second-order valence-corrected chi connectivity index (χ2v) is 5.77. The topological polar surface area (TPSA) is 68.0 Å². The molecule has 2 aromatic rings. The number of hydrogen-bond donors (Lipinski definition) is 2. The lowest BCUT2D eigenvalue weighted by Crippen LogP contribution is -2.37. The van der Waals surface area contributed by atoms with Crippen molar-refractivity contribution in [3.8, 4) is 0 Å². The molecule has 0 bridgehead atoms. The van der Waals surface area contributed by atoms with E-state index in [9.17, 15) is 4.79 Å². The molecule has 110 valence electrons. The number of carbonyl (C=O) groups is 1. The summed E-state index contributed by atoms with van der Waals surface area (Å²) in [6.07, 6.45) is 6.97. The summed E-state index contributed by atoms with van der Waals surface area (Å²) in [7, 11) is 0. The zero-order valence-electron chi connectivity index (χ0n) is 12.1. The lowest BCUT2D eigenvalue weighted by molar-refractivity contribution is -0.120. The average molecular weight is 283 g/mol. The summed E-state index contributed by atoms with van der Waals surface area (Å²) in [5.41, 5.74) is 7.88. The standard InChI is InChI=1S/C17H21N3O/c18-14-8-3-1-2-6-12(14)17(21)20-16-10-4-9-15-13(16)7-5-11-19-15/h4-5,7,9-12,14H,1-3,6,8,18H2,(H,20,21). The molecule has 1 aliphatic rings. The Labute approximate surface area is 124 Å². The summed E-state index contributed by atoms with van der Waals surface area (Å²) in [5, 5.41) is 4.02. The van der Waals surface area contributed by atoms with Gasteiger partial charge in [-0.2, -0.15) is 0 Å². The van der Waals surface area contributed by atoms with Gasteiger partial charge in [0.05, 0.1) is 17.1 Å². The Hall–Kier alpha value is -1.94. The Balaban J connectivity index is 1.82. The molecule has 21 heavy (non-hydrogen) atoms. The highest BCUT2D eigenvalue weighted by Gasteiger charge is 2.27. The van der Waals surface area contributed by atoms with Crippen molar-refractivity contribution in [1.29, 1.82) is 0 Å². The van der Waals surface area contributed by atoms with E-state index in [1.165, 1.54) is 6.42 Å². The third-order valence-electron chi connectivity index (χ3n) is 4.31. The molecular formula is C17H21N3O. The number of fused-ring (bicyclic) bond motifs is 1. The molecule has 0 aliphatic heterocycles. The van der Waals surface area contributed by atoms with Crippen LogP contribution in [0.4, 0.5) is 5.69 Å². The molecule has 4 nitrogen and oxygen atoms in total. The molecule has 1 aromatic heterocycles. The van der Waals surface area contributed by atoms with Gasteiger partial charge in [0.2, 0.25) is 5.91 Å². The molecule has 0 saturated heterocycles. The van der Waals surface area contributed by atoms with E-state index < -0.39 is 0 Å². The minimum atomic E-state index is -0.0839. The van der Waals surface area contributed by atoms with Gasteiger partial charge >= 0.3 is 0 Å². The summed E-state index contributed by atoms with van der Waals surface area (Å²) in [4.78, 5) is 16.9. The van der Waals surface area contributed by atoms with Crippen LogP contribution in [0.2, 0.25) is 0 Å². The number of nitrogens with two attached hydrogens (primary N) is 1. The molecule has 1 heterocycles. The van der Waals surface area contributed by atoms with Crippen LogP contribution in [0.25, 0.3) is 10.9 Å². The minimum Gasteiger partial charge on any atom is -0.327 e. The van der Waals surface area contributed by atoms with Gasteiger partial charge < -0.3 is 11.1 Å². The highest BCUT2D eigenvalue weighted by molar-refractivity contribution is 6.01. The van der Waals surface area contributed by atoms with E-state index in [-0.39, 0.29) is 17.9 Å². The van der Waals surface area contributed by atoms with Crippen LogP contribution < -0.4 is 11.1 Å². The lowest BCUT2D eigenvalue weighted by atomic mass is 9.94. The van der Waals surface area contributed by atoms with Crippen LogP contribution in [-0.4, -0.2) is 16.9 Å². The number of rotatable bonds is 2. The number of benzene rings is 1. The van der Waals surface area contributed by atoms with E-state index in [2.05, 4.69) is 10.3 Å². The molecule has 1 amide bonds. The van der Waals surface area contributed by atoms with Gasteiger partial charge in [-0.05, 0) is 37.1 Å². The molecule has 3 rings (SSSR count). The van der Waals surface area contributed by atoms with E-state index in [4.69, 9.17) is 5.73 Å². The van der Waals surface area contributed by atoms with Crippen molar-refractivity contribution in [2.24, 2.45) is 11.7 Å². The SMILES string of the molecule is NC1CCCCCC1C(=O)Nc1cccc2ncccc12. The number of hydrogen-bond acceptors (Lipinski definition) is 3. The first-order chi connectivity index (χ1) is 10.3. The van der Waals surface area contributed by atoms with Crippen LogP contribution in [0, 0.1) is 5.92 Å². The number of anilines is 1. The maximum Gasteiger partial charge on any atom is 0.229 e. The zero-order valence-corrected chi connectivity index (χ0v) is 12.1. The molecule has 1 aliphatic carbocycles. The number of pyridine rings is 1. The Morgan fingerprint density at radius 2 is 2.00 bits per heavy atom. The molecule has 1 saturated carbocycles. The highest BCUT2D eigenvalue weighted by Crippen LogP contribution is 2.26. The Morgan fingerprint density at radius 3 is 2.90 bits per heavy atom. The maximum atomic E-state index is 12.6. The number of amides is 1. The Bertz CT molecular complexity index is 635. The van der Waals surface area contributed by atoms with Crippen molar-refractivity contribution in [2.45, 2.75) is 38.1 Å². The monoisotopic (exact) mass is 283 g/mol. The molecule has 3 N–H and O–H groups in total. The molecule has 1 aromatic carbocycles. The lowest BCUT2D eigenvalue weighted by Gasteiger charge is -2.21. The average Bonchev–Trinajstić information content (AvgIpc) is 2.72. The van der Waals surface area contributed by atoms with E-state index in [1.807, 2.05) is 30.3 Å². The maximum absolute atomic E-state index is 12.6. The van der Waals surface area contributed by atoms with Gasteiger partial charge in [-0.3, -0.25) is 9.78 Å². The summed E-state index contributed by atoms with van der Waals surface area (Å²) in [6, 6.07) is 9.62. The summed E-state index contributed by atoms with van der Waals surface area (Å²) < 4.78 is 0. The van der Waals surface area contributed by atoms with Crippen LogP contribution in [0.5, 0.6) is 0 Å². The van der Waals surface area contributed by atoms with Gasteiger partial charge in [-0.1, -0.05) is 25.3 Å². The van der Waals surface area contributed by atoms with Crippen LogP contribution >= 0.6 is 0 Å². The van der Waals surface area contributed by atoms with Gasteiger partial charge in [-0.15, -0.1) is 0 Å². The number of nitrogens with one attached hydrogen (secondary N) is 1. The summed E-state index contributed by atoms with van der Waals surface area (Å²) in [6.45, 7) is 0. The minimum absolute atomic E-state index is 0.0272. The van der Waals surface area contributed by atoms with E-state index in [0.717, 1.165) is 42.3 Å². The molecule has 2 unspecified atom stereocenters. The van der Waals surface area contributed by atoms with Crippen molar-refractivity contribution in [3.05, 3.63) is 36.5 Å². The second kappa shape index (κ2) is 6.22. The van der Waals surface area contributed by atoms with Crippen LogP contribution in [0.1, 0.15) is 32.1 Å². The summed E-state index contributed by atoms with van der Waals surface area (Å²) in [5.74, 6) is -0.0415. The molecular weight excluding hydrogens is 262 g/mol. The smallest absolute Gasteiger partial charge is 0.229 e. The fourth-order valence-electron chi connectivity index (χ4n) is 3.10. The second-order valence-electron chi connectivity index (χ2n) is 5.77. The van der Waals surface area contributed by atoms with Gasteiger partial charge in [0.15, 0.2) is 0 Å². The highest BCUT2D eigenvalue weighted by atomic mass is 16.1. The molecule has 4 heteroatoms. The first-order valence-corrected chi connectivity index (χ1v) is 7.66. The third kappa shape index (κ3) is 3.05. The predicted octanol–water partition coefficient (Wildman–Crippen LogP) is 3.08. The van der Waals surface area contributed by atoms with E-state index in [0.29, 0.717) is 0 Å². The summed E-state index contributed by atoms with van der Waals surface area (Å²) >= 11 is 0. The van der Waals surface area contributed by atoms with Crippen LogP contribution in [0.3, 0.4) is 0 Å². The van der Waals surface area contributed by atoms with Gasteiger partial charge in [0.1, 0.15) is 0 Å². The molecule has 0 spiro atoms. The zero-order chi connectivity index (χ0) is 14.7. The van der Waals surface area contributed by atoms with E-state index in [1.54, 1.807) is 6.20 Å². The fraction of sp³-hybridized carbons (Fsp3) is 0.412. The predicted molar refractivity (Wildman–Crippen MR) is 84.9 cm³/mol. The van der Waals surface area contributed by atoms with Crippen LogP contribution in [0.15, 0.2) is 36.5 Å². The first-order valence-electron chi connectivity index (χ1n) is 7.66. The normalized spacial score (nSPS) is 22.7. The molecule has 2 atom stereocenters. The third-order valence-corrected chi connectivity index (χ3v) is 4.31. The van der Waals surface area contributed by atoms with Crippen molar-refractivity contribution in [3.63, 3.8) is 0 Å². The molecule has 0 radical (unpaired) electrons. The number of carbonyl (C=O) groups excluding carboxylic acids is 1. The van der Waals surface area contributed by atoms with Gasteiger partial charge in [0, 0.05) is 17.6 Å². The quantitative estimate of drug-likeness (QED) is 0.832. The van der Waals surface area contributed by atoms with Gasteiger partial charge in [-0.25, -0.2) is 0 Å². The van der Waals surface area contributed by atoms with E-state index >= 15 is 0 Å². The van der Waals surface area contributed by atoms with Gasteiger partial charge in [0.25, 0.3) is 0 Å². The number of aromatic nitrogens is 1. The molecule has 1 fully saturated rings. The van der Waals surface area contributed by atoms with Crippen molar-refractivity contribution in [1.82, 2.24) is 4.98 Å². The Kier molecular flexibility index (Phi) is 4.15. The van der Waals surface area contributed by atoms with Crippen molar-refractivity contribution in [2.75, 3.05) is 5.32 Å².